The molecule has 1 aliphatic rings. The average Bonchev–Trinajstić information content (AvgIpc) is 2.10. The smallest absolute Gasteiger partial charge is 0.224 e. The molecule has 0 saturated heterocycles. The van der Waals surface area contributed by atoms with Crippen LogP contribution < -0.4 is 0 Å². The summed E-state index contributed by atoms with van der Waals surface area (Å²) < 4.78 is 0. The molecule has 1 rings (SSSR count). The van der Waals surface area contributed by atoms with Crippen molar-refractivity contribution in [3.05, 3.63) is 0 Å². The molecule has 1 nitrogen and oxygen atoms in total. The van der Waals surface area contributed by atoms with Crippen LogP contribution in [0.2, 0.25) is 0 Å². The fraction of sp³-hybridized carbons (Fsp3) is 0.875. The second kappa shape index (κ2) is 2.91. The molecular formula is C8H13ClO. The summed E-state index contributed by atoms with van der Waals surface area (Å²) in [4.78, 5) is 10.8. The lowest BCUT2D eigenvalue weighted by Crippen LogP contribution is -2.10. The first-order valence-electron chi connectivity index (χ1n) is 3.80. The van der Waals surface area contributed by atoms with Crippen molar-refractivity contribution in [2.24, 2.45) is 17.8 Å². The lowest BCUT2D eigenvalue weighted by Gasteiger charge is -2.07. The van der Waals surface area contributed by atoms with Crippen molar-refractivity contribution in [1.82, 2.24) is 0 Å². The minimum absolute atomic E-state index is 0.136. The van der Waals surface area contributed by atoms with Crippen molar-refractivity contribution in [2.45, 2.75) is 26.7 Å². The minimum Gasteiger partial charge on any atom is -0.281 e. The monoisotopic (exact) mass is 160 g/mol. The first kappa shape index (κ1) is 8.06. The number of carbonyl (C=O) groups excluding carboxylic acids is 1. The van der Waals surface area contributed by atoms with Gasteiger partial charge in [-0.2, -0.15) is 0 Å². The molecule has 0 spiro atoms. The van der Waals surface area contributed by atoms with Gasteiger partial charge in [0.15, 0.2) is 0 Å². The summed E-state index contributed by atoms with van der Waals surface area (Å²) in [7, 11) is 0. The summed E-state index contributed by atoms with van der Waals surface area (Å²) in [6.45, 7) is 4.28. The van der Waals surface area contributed by atoms with Gasteiger partial charge in [0.25, 0.3) is 0 Å². The maximum Gasteiger partial charge on any atom is 0.224 e. The second-order valence-corrected chi connectivity index (χ2v) is 3.84. The Balaban J connectivity index is 2.54. The van der Waals surface area contributed by atoms with Crippen LogP contribution in [-0.2, 0) is 4.79 Å². The largest absolute Gasteiger partial charge is 0.281 e. The molecule has 0 heterocycles. The number of hydrogen-bond donors (Lipinski definition) is 0. The Hall–Kier alpha value is -0.0400. The lowest BCUT2D eigenvalue weighted by molar-refractivity contribution is -0.115. The zero-order chi connectivity index (χ0) is 7.72. The lowest BCUT2D eigenvalue weighted by atomic mass is 10.0. The number of carbonyl (C=O) groups is 1. The summed E-state index contributed by atoms with van der Waals surface area (Å²) in [5, 5.41) is -0.142. The maximum atomic E-state index is 10.8. The van der Waals surface area contributed by atoms with Crippen LogP contribution in [0.3, 0.4) is 0 Å². The van der Waals surface area contributed by atoms with E-state index in [0.717, 1.165) is 12.8 Å². The highest BCUT2D eigenvalue weighted by molar-refractivity contribution is 6.64. The van der Waals surface area contributed by atoms with Gasteiger partial charge < -0.3 is 0 Å². The van der Waals surface area contributed by atoms with Crippen LogP contribution in [0.25, 0.3) is 0 Å². The Morgan fingerprint density at radius 2 is 2.00 bits per heavy atom. The summed E-state index contributed by atoms with van der Waals surface area (Å²) in [6, 6.07) is 0. The van der Waals surface area contributed by atoms with E-state index in [-0.39, 0.29) is 11.2 Å². The standard InChI is InChI=1S/C8H13ClO/c1-5-3-6(2)7(4-5)8(9)10/h5-7H,3-4H2,1-2H3. The third-order valence-corrected chi connectivity index (χ3v) is 2.69. The number of hydrogen-bond acceptors (Lipinski definition) is 1. The van der Waals surface area contributed by atoms with Crippen molar-refractivity contribution < 1.29 is 4.79 Å². The molecule has 10 heavy (non-hydrogen) atoms. The molecule has 3 atom stereocenters. The van der Waals surface area contributed by atoms with Gasteiger partial charge in [0.05, 0.1) is 0 Å². The first-order valence-corrected chi connectivity index (χ1v) is 4.18. The molecule has 1 aliphatic carbocycles. The summed E-state index contributed by atoms with van der Waals surface area (Å²) >= 11 is 5.41. The fourth-order valence-corrected chi connectivity index (χ4v) is 2.18. The van der Waals surface area contributed by atoms with Crippen molar-refractivity contribution in [3.63, 3.8) is 0 Å². The van der Waals surface area contributed by atoms with Gasteiger partial charge in [0.2, 0.25) is 5.24 Å². The Kier molecular flexibility index (Phi) is 2.35. The molecule has 0 N–H and O–H groups in total. The Morgan fingerprint density at radius 3 is 2.20 bits per heavy atom. The quantitative estimate of drug-likeness (QED) is 0.539. The first-order chi connectivity index (χ1) is 4.61. The van der Waals surface area contributed by atoms with E-state index >= 15 is 0 Å². The van der Waals surface area contributed by atoms with E-state index in [1.165, 1.54) is 0 Å². The van der Waals surface area contributed by atoms with Gasteiger partial charge in [0.1, 0.15) is 0 Å². The molecule has 3 unspecified atom stereocenters. The summed E-state index contributed by atoms with van der Waals surface area (Å²) in [5.74, 6) is 1.32. The molecule has 0 radical (unpaired) electrons. The molecule has 1 saturated carbocycles. The van der Waals surface area contributed by atoms with Crippen LogP contribution in [0.5, 0.6) is 0 Å². The highest BCUT2D eigenvalue weighted by atomic mass is 35.5. The predicted octanol–water partition coefficient (Wildman–Crippen LogP) is 2.43. The molecule has 2 heteroatoms. The zero-order valence-corrected chi connectivity index (χ0v) is 7.19. The van der Waals surface area contributed by atoms with Crippen molar-refractivity contribution in [3.8, 4) is 0 Å². The topological polar surface area (TPSA) is 17.1 Å². The van der Waals surface area contributed by atoms with Crippen LogP contribution in [-0.4, -0.2) is 5.24 Å². The molecule has 1 fully saturated rings. The van der Waals surface area contributed by atoms with E-state index in [4.69, 9.17) is 11.6 Å². The molecule has 0 aromatic carbocycles. The van der Waals surface area contributed by atoms with Crippen LogP contribution >= 0.6 is 11.6 Å². The SMILES string of the molecule is CC1CC(C)C(C(=O)Cl)C1. The number of rotatable bonds is 1. The Labute approximate surface area is 66.8 Å². The third kappa shape index (κ3) is 1.51. The van der Waals surface area contributed by atoms with Gasteiger partial charge >= 0.3 is 0 Å². The van der Waals surface area contributed by atoms with Crippen LogP contribution in [0.4, 0.5) is 0 Å². The van der Waals surface area contributed by atoms with Gasteiger partial charge in [-0.05, 0) is 36.3 Å². The average molecular weight is 161 g/mol. The normalized spacial score (nSPS) is 40.1. The van der Waals surface area contributed by atoms with E-state index < -0.39 is 0 Å². The van der Waals surface area contributed by atoms with Gasteiger partial charge in [-0.3, -0.25) is 4.79 Å². The van der Waals surface area contributed by atoms with Crippen molar-refractivity contribution in [1.29, 1.82) is 0 Å². The molecule has 0 aromatic rings. The minimum atomic E-state index is -0.142. The Bertz CT molecular complexity index is 144. The summed E-state index contributed by atoms with van der Waals surface area (Å²) in [6.07, 6.45) is 2.15. The molecule has 0 amide bonds. The zero-order valence-electron chi connectivity index (χ0n) is 6.43. The van der Waals surface area contributed by atoms with Crippen LogP contribution in [0.1, 0.15) is 26.7 Å². The van der Waals surface area contributed by atoms with Gasteiger partial charge in [-0.1, -0.05) is 13.8 Å². The molecule has 0 aliphatic heterocycles. The summed E-state index contributed by atoms with van der Waals surface area (Å²) in [5.41, 5.74) is 0. The van der Waals surface area contributed by atoms with E-state index in [1.54, 1.807) is 0 Å². The van der Waals surface area contributed by atoms with Gasteiger partial charge in [0, 0.05) is 5.92 Å². The van der Waals surface area contributed by atoms with Gasteiger partial charge in [-0.15, -0.1) is 0 Å². The van der Waals surface area contributed by atoms with E-state index in [0.29, 0.717) is 11.8 Å². The van der Waals surface area contributed by atoms with E-state index in [2.05, 4.69) is 13.8 Å². The molecule has 58 valence electrons. The van der Waals surface area contributed by atoms with Crippen molar-refractivity contribution >= 4 is 16.8 Å². The highest BCUT2D eigenvalue weighted by Crippen LogP contribution is 2.36. The van der Waals surface area contributed by atoms with Crippen LogP contribution in [0.15, 0.2) is 0 Å². The molecule has 0 aromatic heterocycles. The van der Waals surface area contributed by atoms with E-state index in [9.17, 15) is 4.79 Å². The third-order valence-electron chi connectivity index (χ3n) is 2.41. The molecule has 0 bridgehead atoms. The molecular weight excluding hydrogens is 148 g/mol. The van der Waals surface area contributed by atoms with Gasteiger partial charge in [-0.25, -0.2) is 0 Å². The fourth-order valence-electron chi connectivity index (χ4n) is 1.88. The van der Waals surface area contributed by atoms with Crippen LogP contribution in [0, 0.1) is 17.8 Å². The number of halogens is 1. The maximum absolute atomic E-state index is 10.8. The highest BCUT2D eigenvalue weighted by Gasteiger charge is 2.32. The predicted molar refractivity (Wildman–Crippen MR) is 41.9 cm³/mol. The Morgan fingerprint density at radius 1 is 1.40 bits per heavy atom. The second-order valence-electron chi connectivity index (χ2n) is 3.46. The van der Waals surface area contributed by atoms with E-state index in [1.807, 2.05) is 0 Å². The van der Waals surface area contributed by atoms with Crippen molar-refractivity contribution in [2.75, 3.05) is 0 Å².